The largest absolute Gasteiger partial charge is 0.327 e. The topological polar surface area (TPSA) is 72.2 Å². The zero-order valence-electron chi connectivity index (χ0n) is 13.4. The van der Waals surface area contributed by atoms with E-state index in [4.69, 9.17) is 5.73 Å². The average molecular weight is 342 g/mol. The molecule has 2 aromatic rings. The Kier molecular flexibility index (Phi) is 5.43. The van der Waals surface area contributed by atoms with Crippen molar-refractivity contribution in [1.82, 2.24) is 0 Å². The fraction of sp³-hybridized carbons (Fsp3) is 0.316. The quantitative estimate of drug-likeness (QED) is 0.897. The van der Waals surface area contributed by atoms with Gasteiger partial charge in [-0.25, -0.2) is 0 Å². The van der Waals surface area contributed by atoms with Gasteiger partial charge in [0.1, 0.15) is 0 Å². The predicted molar refractivity (Wildman–Crippen MR) is 97.0 cm³/mol. The van der Waals surface area contributed by atoms with Crippen LogP contribution < -0.4 is 11.1 Å². The third-order valence-electron chi connectivity index (χ3n) is 4.51. The fourth-order valence-electron chi connectivity index (χ4n) is 3.15. The molecule has 1 aliphatic carbocycles. The molecule has 1 saturated carbocycles. The Morgan fingerprint density at radius 2 is 1.62 bits per heavy atom. The van der Waals surface area contributed by atoms with E-state index in [9.17, 15) is 9.00 Å². The van der Waals surface area contributed by atoms with Gasteiger partial charge in [-0.05, 0) is 43.5 Å². The van der Waals surface area contributed by atoms with Crippen LogP contribution in [0.15, 0.2) is 65.6 Å². The molecule has 4 atom stereocenters. The Hall–Kier alpha value is -1.98. The molecule has 3 rings (SSSR count). The Labute approximate surface area is 144 Å². The van der Waals surface area contributed by atoms with Crippen molar-refractivity contribution in [2.24, 2.45) is 11.7 Å². The maximum absolute atomic E-state index is 12.8. The van der Waals surface area contributed by atoms with E-state index in [1.54, 1.807) is 0 Å². The van der Waals surface area contributed by atoms with E-state index < -0.39 is 10.8 Å². The lowest BCUT2D eigenvalue weighted by Gasteiger charge is -2.32. The second-order valence-corrected chi connectivity index (χ2v) is 7.90. The van der Waals surface area contributed by atoms with Crippen LogP contribution in [0.2, 0.25) is 0 Å². The first-order chi connectivity index (χ1) is 11.6. The molecule has 0 saturated heterocycles. The summed E-state index contributed by atoms with van der Waals surface area (Å²) in [4.78, 5) is 13.4. The number of rotatable bonds is 4. The van der Waals surface area contributed by atoms with Crippen molar-refractivity contribution in [2.45, 2.75) is 35.4 Å². The van der Waals surface area contributed by atoms with Crippen LogP contribution in [-0.2, 0) is 15.6 Å². The highest BCUT2D eigenvalue weighted by Gasteiger charge is 2.36. The number of hydrogen-bond acceptors (Lipinski definition) is 3. The van der Waals surface area contributed by atoms with Gasteiger partial charge in [0.2, 0.25) is 5.91 Å². The molecule has 5 heteroatoms. The smallest absolute Gasteiger partial charge is 0.229 e. The molecule has 4 nitrogen and oxygen atoms in total. The molecule has 126 valence electrons. The molecule has 1 amide bonds. The molecule has 24 heavy (non-hydrogen) atoms. The van der Waals surface area contributed by atoms with Crippen LogP contribution in [0.4, 0.5) is 5.69 Å². The zero-order chi connectivity index (χ0) is 16.9. The summed E-state index contributed by atoms with van der Waals surface area (Å²) in [7, 11) is -1.10. The second-order valence-electron chi connectivity index (χ2n) is 6.17. The summed E-state index contributed by atoms with van der Waals surface area (Å²) < 4.78 is 12.8. The van der Waals surface area contributed by atoms with Gasteiger partial charge in [0.15, 0.2) is 0 Å². The molecule has 1 fully saturated rings. The van der Waals surface area contributed by atoms with Crippen molar-refractivity contribution in [3.8, 4) is 0 Å². The van der Waals surface area contributed by atoms with Gasteiger partial charge < -0.3 is 11.1 Å². The number of carbonyl (C=O) groups excluding carboxylic acids is 1. The van der Waals surface area contributed by atoms with Crippen molar-refractivity contribution in [2.75, 3.05) is 5.32 Å². The van der Waals surface area contributed by atoms with E-state index in [-0.39, 0.29) is 23.1 Å². The molecule has 4 unspecified atom stereocenters. The van der Waals surface area contributed by atoms with Crippen LogP contribution in [0.5, 0.6) is 0 Å². The Morgan fingerprint density at radius 1 is 1.00 bits per heavy atom. The number of nitrogens with two attached hydrogens (primary N) is 1. The molecular weight excluding hydrogens is 320 g/mol. The number of hydrogen-bond donors (Lipinski definition) is 2. The van der Waals surface area contributed by atoms with Crippen LogP contribution in [0.25, 0.3) is 0 Å². The van der Waals surface area contributed by atoms with Crippen molar-refractivity contribution < 1.29 is 9.00 Å². The molecule has 0 heterocycles. The van der Waals surface area contributed by atoms with Crippen LogP contribution >= 0.6 is 0 Å². The number of benzene rings is 2. The maximum Gasteiger partial charge on any atom is 0.229 e. The van der Waals surface area contributed by atoms with Gasteiger partial charge in [0, 0.05) is 21.9 Å². The van der Waals surface area contributed by atoms with Gasteiger partial charge in [0.05, 0.1) is 16.7 Å². The SMILES string of the molecule is NC1CCC(S(=O)c2ccccc2)CC1C(=O)Nc1ccccc1. The molecule has 0 spiro atoms. The molecular formula is C19H22N2O2S. The van der Waals surface area contributed by atoms with E-state index >= 15 is 0 Å². The van der Waals surface area contributed by atoms with E-state index in [1.165, 1.54) is 0 Å². The normalized spacial score (nSPS) is 25.0. The number of nitrogens with one attached hydrogen (secondary N) is 1. The van der Waals surface area contributed by atoms with Crippen molar-refractivity contribution in [3.63, 3.8) is 0 Å². The first-order valence-corrected chi connectivity index (χ1v) is 9.43. The minimum atomic E-state index is -1.10. The van der Waals surface area contributed by atoms with Gasteiger partial charge >= 0.3 is 0 Å². The second kappa shape index (κ2) is 7.73. The third kappa shape index (κ3) is 3.91. The summed E-state index contributed by atoms with van der Waals surface area (Å²) in [5, 5.41) is 2.89. The summed E-state index contributed by atoms with van der Waals surface area (Å²) in [6, 6.07) is 18.6. The van der Waals surface area contributed by atoms with E-state index in [0.717, 1.165) is 23.4 Å². The number of carbonyl (C=O) groups is 1. The Bertz CT molecular complexity index is 706. The number of para-hydroxylation sites is 1. The van der Waals surface area contributed by atoms with Crippen LogP contribution in [-0.4, -0.2) is 21.4 Å². The minimum absolute atomic E-state index is 0.0290. The summed E-state index contributed by atoms with van der Waals surface area (Å²) in [6.45, 7) is 0. The first kappa shape index (κ1) is 16.9. The van der Waals surface area contributed by atoms with Gasteiger partial charge in [-0.3, -0.25) is 9.00 Å². The number of amides is 1. The third-order valence-corrected chi connectivity index (χ3v) is 6.28. The van der Waals surface area contributed by atoms with Gasteiger partial charge in [-0.15, -0.1) is 0 Å². The summed E-state index contributed by atoms with van der Waals surface area (Å²) in [5.41, 5.74) is 6.94. The summed E-state index contributed by atoms with van der Waals surface area (Å²) in [5.74, 6) is -0.389. The fourth-order valence-corrected chi connectivity index (χ4v) is 4.70. The van der Waals surface area contributed by atoms with Gasteiger partial charge in [-0.1, -0.05) is 36.4 Å². The molecule has 0 aliphatic heterocycles. The summed E-state index contributed by atoms with van der Waals surface area (Å²) in [6.07, 6.45) is 2.06. The molecule has 3 N–H and O–H groups in total. The van der Waals surface area contributed by atoms with E-state index in [2.05, 4.69) is 5.32 Å². The average Bonchev–Trinajstić information content (AvgIpc) is 2.63. The van der Waals surface area contributed by atoms with Crippen LogP contribution in [0.3, 0.4) is 0 Å². The molecule has 0 aromatic heterocycles. The molecule has 0 radical (unpaired) electrons. The molecule has 0 bridgehead atoms. The van der Waals surface area contributed by atoms with E-state index in [1.807, 2.05) is 60.7 Å². The first-order valence-electron chi connectivity index (χ1n) is 8.22. The lowest BCUT2D eigenvalue weighted by atomic mass is 9.84. The maximum atomic E-state index is 12.8. The highest BCUT2D eigenvalue weighted by Crippen LogP contribution is 2.30. The Morgan fingerprint density at radius 3 is 2.29 bits per heavy atom. The monoisotopic (exact) mass is 342 g/mol. The highest BCUT2D eigenvalue weighted by atomic mass is 32.2. The molecule has 2 aromatic carbocycles. The summed E-state index contributed by atoms with van der Waals surface area (Å²) >= 11 is 0. The van der Waals surface area contributed by atoms with Crippen LogP contribution in [0.1, 0.15) is 19.3 Å². The Balaban J connectivity index is 1.69. The lowest BCUT2D eigenvalue weighted by molar-refractivity contribution is -0.121. The molecule has 1 aliphatic rings. The van der Waals surface area contributed by atoms with E-state index in [0.29, 0.717) is 6.42 Å². The van der Waals surface area contributed by atoms with Gasteiger partial charge in [-0.2, -0.15) is 0 Å². The zero-order valence-corrected chi connectivity index (χ0v) is 14.2. The van der Waals surface area contributed by atoms with Gasteiger partial charge in [0.25, 0.3) is 0 Å². The number of anilines is 1. The minimum Gasteiger partial charge on any atom is -0.327 e. The van der Waals surface area contributed by atoms with Crippen molar-refractivity contribution in [1.29, 1.82) is 0 Å². The lowest BCUT2D eigenvalue weighted by Crippen LogP contribution is -2.45. The van der Waals surface area contributed by atoms with Crippen molar-refractivity contribution in [3.05, 3.63) is 60.7 Å². The predicted octanol–water partition coefficient (Wildman–Crippen LogP) is 2.93. The standard InChI is InChI=1S/C19H22N2O2S/c20-18-12-11-16(24(23)15-9-5-2-6-10-15)13-17(18)19(22)21-14-7-3-1-4-8-14/h1-10,16-18H,11-13,20H2,(H,21,22). The highest BCUT2D eigenvalue weighted by molar-refractivity contribution is 7.85. The van der Waals surface area contributed by atoms with Crippen LogP contribution in [0, 0.1) is 5.92 Å². The van der Waals surface area contributed by atoms with Crippen molar-refractivity contribution >= 4 is 22.4 Å².